The van der Waals surface area contributed by atoms with Gasteiger partial charge in [0.05, 0.1) is 6.10 Å². The highest BCUT2D eigenvalue weighted by molar-refractivity contribution is 4.91. The molecule has 14 heavy (non-hydrogen) atoms. The molecule has 6 heteroatoms. The summed E-state index contributed by atoms with van der Waals surface area (Å²) >= 11 is 0. The van der Waals surface area contributed by atoms with E-state index < -0.39 is 36.8 Å². The van der Waals surface area contributed by atoms with Gasteiger partial charge < -0.3 is 30.3 Å². The average Bonchev–Trinajstić information content (AvgIpc) is 2.19. The van der Waals surface area contributed by atoms with Crippen LogP contribution in [0.4, 0.5) is 0 Å². The number of hydrogen-bond donors (Lipinski definition) is 5. The van der Waals surface area contributed by atoms with Crippen LogP contribution < -0.4 is 0 Å². The quantitative estimate of drug-likeness (QED) is 0.345. The Morgan fingerprint density at radius 3 is 2.14 bits per heavy atom. The molecule has 0 aliphatic carbocycles. The van der Waals surface area contributed by atoms with E-state index in [4.69, 9.17) is 14.9 Å². The molecule has 0 bridgehead atoms. The van der Waals surface area contributed by atoms with Crippen molar-refractivity contribution in [2.45, 2.75) is 50.2 Å². The lowest BCUT2D eigenvalue weighted by Crippen LogP contribution is -2.60. The maximum Gasteiger partial charge on any atom is 0.184 e. The topological polar surface area (TPSA) is 110 Å². The highest BCUT2D eigenvalue weighted by atomic mass is 16.6. The van der Waals surface area contributed by atoms with E-state index in [1.54, 1.807) is 6.92 Å². The standard InChI is InChI=1S/C8H16O6/c1-2-3(9)7-5(11)4(10)6(12)8(13)14-7/h3-13H,2H2,1H3/t3?,4?,5-,6?,7?,8-/m0/s1. The molecule has 1 rings (SSSR count). The van der Waals surface area contributed by atoms with E-state index >= 15 is 0 Å². The van der Waals surface area contributed by atoms with Gasteiger partial charge in [0.1, 0.15) is 24.4 Å². The summed E-state index contributed by atoms with van der Waals surface area (Å²) in [6.07, 6.45) is -7.79. The Balaban J connectivity index is 2.70. The predicted molar refractivity (Wildman–Crippen MR) is 45.2 cm³/mol. The van der Waals surface area contributed by atoms with Gasteiger partial charge in [-0.05, 0) is 6.42 Å². The van der Waals surface area contributed by atoms with Gasteiger partial charge in [-0.25, -0.2) is 0 Å². The van der Waals surface area contributed by atoms with E-state index in [2.05, 4.69) is 0 Å². The van der Waals surface area contributed by atoms with Gasteiger partial charge in [-0.1, -0.05) is 6.92 Å². The average molecular weight is 208 g/mol. The molecule has 0 aromatic heterocycles. The molecule has 0 saturated carbocycles. The minimum absolute atomic E-state index is 0.317. The molecule has 84 valence electrons. The van der Waals surface area contributed by atoms with E-state index in [0.717, 1.165) is 0 Å². The van der Waals surface area contributed by atoms with Crippen molar-refractivity contribution < 1.29 is 30.3 Å². The number of rotatable bonds is 2. The van der Waals surface area contributed by atoms with Crippen LogP contribution in [0.5, 0.6) is 0 Å². The maximum atomic E-state index is 9.42. The summed E-state index contributed by atoms with van der Waals surface area (Å²) in [5.41, 5.74) is 0. The van der Waals surface area contributed by atoms with Gasteiger partial charge in [0.2, 0.25) is 0 Å². The maximum absolute atomic E-state index is 9.42. The Labute approximate surface area is 81.4 Å². The lowest BCUT2D eigenvalue weighted by atomic mass is 9.94. The van der Waals surface area contributed by atoms with Crippen LogP contribution in [-0.2, 0) is 4.74 Å². The van der Waals surface area contributed by atoms with Crippen LogP contribution in [0.3, 0.4) is 0 Å². The van der Waals surface area contributed by atoms with Gasteiger partial charge in [-0.2, -0.15) is 0 Å². The molecule has 0 aromatic carbocycles. The highest BCUT2D eigenvalue weighted by Crippen LogP contribution is 2.22. The monoisotopic (exact) mass is 208 g/mol. The van der Waals surface area contributed by atoms with Crippen LogP contribution >= 0.6 is 0 Å². The fourth-order valence-electron chi connectivity index (χ4n) is 1.44. The van der Waals surface area contributed by atoms with Crippen molar-refractivity contribution in [2.24, 2.45) is 0 Å². The minimum atomic E-state index is -1.58. The number of aliphatic hydroxyl groups excluding tert-OH is 5. The SMILES string of the molecule is CCC(O)C1O[C@H](O)C(O)C(O)[C@@H]1O. The van der Waals surface area contributed by atoms with Crippen LogP contribution in [0.25, 0.3) is 0 Å². The van der Waals surface area contributed by atoms with E-state index in [1.807, 2.05) is 0 Å². The fraction of sp³-hybridized carbons (Fsp3) is 1.00. The van der Waals surface area contributed by atoms with Crippen LogP contribution in [0, 0.1) is 0 Å². The first-order chi connectivity index (χ1) is 6.49. The number of aliphatic hydroxyl groups is 5. The Morgan fingerprint density at radius 1 is 1.07 bits per heavy atom. The third-order valence-electron chi connectivity index (χ3n) is 2.42. The molecule has 1 aliphatic heterocycles. The summed E-state index contributed by atoms with van der Waals surface area (Å²) in [6, 6.07) is 0. The second-order valence-electron chi connectivity index (χ2n) is 3.44. The fourth-order valence-corrected chi connectivity index (χ4v) is 1.44. The second-order valence-corrected chi connectivity index (χ2v) is 3.44. The van der Waals surface area contributed by atoms with Crippen LogP contribution in [-0.4, -0.2) is 62.3 Å². The third kappa shape index (κ3) is 2.05. The Kier molecular flexibility index (Phi) is 3.82. The van der Waals surface area contributed by atoms with E-state index in [-0.39, 0.29) is 0 Å². The normalized spacial score (nSPS) is 46.3. The third-order valence-corrected chi connectivity index (χ3v) is 2.42. The van der Waals surface area contributed by atoms with Crippen molar-refractivity contribution in [1.29, 1.82) is 0 Å². The highest BCUT2D eigenvalue weighted by Gasteiger charge is 2.45. The predicted octanol–water partition coefficient (Wildman–Crippen LogP) is -2.44. The Morgan fingerprint density at radius 2 is 1.64 bits per heavy atom. The van der Waals surface area contributed by atoms with Gasteiger partial charge in [-0.15, -0.1) is 0 Å². The summed E-state index contributed by atoms with van der Waals surface area (Å²) in [6.45, 7) is 1.67. The molecule has 1 heterocycles. The molecule has 6 nitrogen and oxygen atoms in total. The van der Waals surface area contributed by atoms with Gasteiger partial charge in [0.15, 0.2) is 6.29 Å². The first-order valence-electron chi connectivity index (χ1n) is 4.54. The van der Waals surface area contributed by atoms with E-state index in [0.29, 0.717) is 6.42 Å². The lowest BCUT2D eigenvalue weighted by molar-refractivity contribution is -0.296. The molecular formula is C8H16O6. The summed E-state index contributed by atoms with van der Waals surface area (Å²) < 4.78 is 4.78. The Hall–Kier alpha value is -0.240. The second kappa shape index (κ2) is 4.52. The molecule has 1 fully saturated rings. The van der Waals surface area contributed by atoms with Crippen molar-refractivity contribution >= 4 is 0 Å². The van der Waals surface area contributed by atoms with Crippen molar-refractivity contribution in [3.8, 4) is 0 Å². The molecule has 5 N–H and O–H groups in total. The number of ether oxygens (including phenoxy) is 1. The van der Waals surface area contributed by atoms with Gasteiger partial charge >= 0.3 is 0 Å². The smallest absolute Gasteiger partial charge is 0.184 e. The molecule has 6 atom stereocenters. The van der Waals surface area contributed by atoms with Crippen molar-refractivity contribution in [2.75, 3.05) is 0 Å². The molecule has 1 saturated heterocycles. The van der Waals surface area contributed by atoms with E-state index in [9.17, 15) is 15.3 Å². The van der Waals surface area contributed by atoms with Crippen molar-refractivity contribution in [3.63, 3.8) is 0 Å². The summed E-state index contributed by atoms with van der Waals surface area (Å²) in [7, 11) is 0. The molecule has 0 aromatic rings. The summed E-state index contributed by atoms with van der Waals surface area (Å²) in [4.78, 5) is 0. The summed E-state index contributed by atoms with van der Waals surface area (Å²) in [5, 5.41) is 46.3. The van der Waals surface area contributed by atoms with Crippen molar-refractivity contribution in [3.05, 3.63) is 0 Å². The first-order valence-corrected chi connectivity index (χ1v) is 4.54. The molecule has 0 radical (unpaired) electrons. The van der Waals surface area contributed by atoms with Crippen LogP contribution in [0.1, 0.15) is 13.3 Å². The minimum Gasteiger partial charge on any atom is -0.390 e. The van der Waals surface area contributed by atoms with Crippen molar-refractivity contribution in [1.82, 2.24) is 0 Å². The van der Waals surface area contributed by atoms with Gasteiger partial charge in [0.25, 0.3) is 0 Å². The zero-order chi connectivity index (χ0) is 10.9. The first kappa shape index (κ1) is 11.8. The van der Waals surface area contributed by atoms with E-state index in [1.165, 1.54) is 0 Å². The lowest BCUT2D eigenvalue weighted by Gasteiger charge is -2.40. The summed E-state index contributed by atoms with van der Waals surface area (Å²) in [5.74, 6) is 0. The molecule has 1 aliphatic rings. The molecule has 0 spiro atoms. The van der Waals surface area contributed by atoms with Gasteiger partial charge in [0, 0.05) is 0 Å². The van der Waals surface area contributed by atoms with Crippen LogP contribution in [0.15, 0.2) is 0 Å². The molecule has 0 amide bonds. The Bertz CT molecular complexity index is 187. The van der Waals surface area contributed by atoms with Gasteiger partial charge in [-0.3, -0.25) is 0 Å². The zero-order valence-electron chi connectivity index (χ0n) is 7.82. The zero-order valence-corrected chi connectivity index (χ0v) is 7.82. The largest absolute Gasteiger partial charge is 0.390 e. The molecular weight excluding hydrogens is 192 g/mol. The molecule has 4 unspecified atom stereocenters. The van der Waals surface area contributed by atoms with Crippen LogP contribution in [0.2, 0.25) is 0 Å². The number of hydrogen-bond acceptors (Lipinski definition) is 6.